The molecule has 1 aromatic carbocycles. The summed E-state index contributed by atoms with van der Waals surface area (Å²) in [6.45, 7) is 1.35. The molecule has 8 nitrogen and oxygen atoms in total. The molecule has 1 amide bonds. The third kappa shape index (κ3) is 3.89. The highest BCUT2D eigenvalue weighted by molar-refractivity contribution is 5.79. The van der Waals surface area contributed by atoms with E-state index in [1.807, 2.05) is 6.92 Å². The number of rotatable bonds is 7. The van der Waals surface area contributed by atoms with E-state index in [0.29, 0.717) is 23.7 Å². The van der Waals surface area contributed by atoms with Crippen molar-refractivity contribution in [3.8, 4) is 0 Å². The second-order valence-electron chi connectivity index (χ2n) is 5.49. The second kappa shape index (κ2) is 7.58. The summed E-state index contributed by atoms with van der Waals surface area (Å²) >= 11 is 0. The number of benzene rings is 1. The van der Waals surface area contributed by atoms with Crippen LogP contribution in [0, 0.1) is 5.92 Å². The summed E-state index contributed by atoms with van der Waals surface area (Å²) in [5, 5.41) is 11.8. The van der Waals surface area contributed by atoms with Crippen LogP contribution < -0.4 is 16.6 Å². The Morgan fingerprint density at radius 1 is 1.29 bits per heavy atom. The molecule has 24 heavy (non-hydrogen) atoms. The zero-order chi connectivity index (χ0) is 17.7. The predicted octanol–water partition coefficient (Wildman–Crippen LogP) is 0.307. The number of nitrogens with zero attached hydrogens (tertiary/aromatic N) is 1. The SMILES string of the molecule is CCCC(CNC(=O)Cn1c(=O)[nH]c2ccccc2c1=O)C(=O)O. The number of aromatic nitrogens is 2. The van der Waals surface area contributed by atoms with Crippen molar-refractivity contribution in [2.75, 3.05) is 6.54 Å². The Morgan fingerprint density at radius 2 is 2.00 bits per heavy atom. The topological polar surface area (TPSA) is 121 Å². The highest BCUT2D eigenvalue weighted by atomic mass is 16.4. The summed E-state index contributed by atoms with van der Waals surface area (Å²) < 4.78 is 0.799. The van der Waals surface area contributed by atoms with Crippen LogP contribution in [0.15, 0.2) is 33.9 Å². The quantitative estimate of drug-likeness (QED) is 0.673. The summed E-state index contributed by atoms with van der Waals surface area (Å²) in [7, 11) is 0. The summed E-state index contributed by atoms with van der Waals surface area (Å²) in [6, 6.07) is 6.51. The van der Waals surface area contributed by atoms with Crippen LogP contribution in [0.3, 0.4) is 0 Å². The fourth-order valence-electron chi connectivity index (χ4n) is 2.44. The fraction of sp³-hybridized carbons (Fsp3) is 0.375. The van der Waals surface area contributed by atoms with E-state index in [9.17, 15) is 19.2 Å². The van der Waals surface area contributed by atoms with Gasteiger partial charge in [-0.3, -0.25) is 19.0 Å². The van der Waals surface area contributed by atoms with Crippen molar-refractivity contribution in [3.63, 3.8) is 0 Å². The van der Waals surface area contributed by atoms with Gasteiger partial charge in [-0.1, -0.05) is 25.5 Å². The maximum atomic E-state index is 12.3. The molecule has 0 saturated carbocycles. The highest BCUT2D eigenvalue weighted by Gasteiger charge is 2.18. The summed E-state index contributed by atoms with van der Waals surface area (Å²) in [5.74, 6) is -2.26. The van der Waals surface area contributed by atoms with Crippen molar-refractivity contribution in [3.05, 3.63) is 45.1 Å². The van der Waals surface area contributed by atoms with E-state index in [1.165, 1.54) is 0 Å². The van der Waals surface area contributed by atoms with Gasteiger partial charge in [0.25, 0.3) is 5.56 Å². The average Bonchev–Trinajstić information content (AvgIpc) is 2.55. The molecule has 1 heterocycles. The Hall–Kier alpha value is -2.90. The lowest BCUT2D eigenvalue weighted by molar-refractivity contribution is -0.141. The van der Waals surface area contributed by atoms with E-state index in [1.54, 1.807) is 24.3 Å². The van der Waals surface area contributed by atoms with Crippen LogP contribution in [0.1, 0.15) is 19.8 Å². The molecule has 0 spiro atoms. The van der Waals surface area contributed by atoms with Crippen LogP contribution in [-0.2, 0) is 16.1 Å². The van der Waals surface area contributed by atoms with Gasteiger partial charge in [-0.25, -0.2) is 4.79 Å². The van der Waals surface area contributed by atoms with Crippen LogP contribution in [0.4, 0.5) is 0 Å². The van der Waals surface area contributed by atoms with Crippen molar-refractivity contribution in [2.45, 2.75) is 26.3 Å². The molecule has 0 aliphatic rings. The molecule has 0 aliphatic heterocycles. The molecular weight excluding hydrogens is 314 g/mol. The zero-order valence-electron chi connectivity index (χ0n) is 13.2. The van der Waals surface area contributed by atoms with Crippen LogP contribution in [0.2, 0.25) is 0 Å². The van der Waals surface area contributed by atoms with E-state index in [0.717, 1.165) is 4.57 Å². The summed E-state index contributed by atoms with van der Waals surface area (Å²) in [6.07, 6.45) is 1.11. The Labute approximate surface area is 137 Å². The number of hydrogen-bond acceptors (Lipinski definition) is 4. The normalized spacial score (nSPS) is 12.0. The fourth-order valence-corrected chi connectivity index (χ4v) is 2.44. The number of hydrogen-bond donors (Lipinski definition) is 3. The number of amides is 1. The van der Waals surface area contributed by atoms with Gasteiger partial charge in [-0.2, -0.15) is 0 Å². The molecule has 0 bridgehead atoms. The molecule has 2 aromatic rings. The van der Waals surface area contributed by atoms with Gasteiger partial charge in [-0.15, -0.1) is 0 Å². The minimum atomic E-state index is -0.988. The third-order valence-electron chi connectivity index (χ3n) is 3.72. The molecule has 1 aromatic heterocycles. The van der Waals surface area contributed by atoms with Crippen LogP contribution in [-0.4, -0.2) is 33.1 Å². The molecule has 0 saturated heterocycles. The van der Waals surface area contributed by atoms with Gasteiger partial charge in [0.1, 0.15) is 6.54 Å². The van der Waals surface area contributed by atoms with E-state index >= 15 is 0 Å². The smallest absolute Gasteiger partial charge is 0.329 e. The van der Waals surface area contributed by atoms with Crippen molar-refractivity contribution < 1.29 is 14.7 Å². The van der Waals surface area contributed by atoms with E-state index in [-0.39, 0.29) is 6.54 Å². The largest absolute Gasteiger partial charge is 0.481 e. The van der Waals surface area contributed by atoms with Crippen molar-refractivity contribution in [1.82, 2.24) is 14.9 Å². The van der Waals surface area contributed by atoms with Gasteiger partial charge < -0.3 is 15.4 Å². The Kier molecular flexibility index (Phi) is 5.51. The van der Waals surface area contributed by atoms with Crippen molar-refractivity contribution in [1.29, 1.82) is 0 Å². The standard InChI is InChI=1S/C16H19N3O5/c1-2-5-10(15(22)23)8-17-13(20)9-19-14(21)11-6-3-4-7-12(11)18-16(19)24/h3-4,6-7,10H,2,5,8-9H2,1H3,(H,17,20)(H,18,24)(H,22,23). The lowest BCUT2D eigenvalue weighted by Crippen LogP contribution is -2.42. The maximum absolute atomic E-state index is 12.3. The molecule has 2 rings (SSSR count). The van der Waals surface area contributed by atoms with Crippen molar-refractivity contribution in [2.24, 2.45) is 5.92 Å². The molecule has 0 radical (unpaired) electrons. The van der Waals surface area contributed by atoms with Gasteiger partial charge in [0.15, 0.2) is 0 Å². The Bertz CT molecular complexity index is 868. The van der Waals surface area contributed by atoms with Gasteiger partial charge >= 0.3 is 11.7 Å². The van der Waals surface area contributed by atoms with E-state index < -0.39 is 35.6 Å². The Morgan fingerprint density at radius 3 is 2.67 bits per heavy atom. The van der Waals surface area contributed by atoms with Gasteiger partial charge in [-0.05, 0) is 18.6 Å². The first-order valence-corrected chi connectivity index (χ1v) is 7.65. The highest BCUT2D eigenvalue weighted by Crippen LogP contribution is 2.05. The van der Waals surface area contributed by atoms with Gasteiger partial charge in [0, 0.05) is 6.54 Å². The van der Waals surface area contributed by atoms with Crippen LogP contribution in [0.25, 0.3) is 10.9 Å². The van der Waals surface area contributed by atoms with Crippen molar-refractivity contribution >= 4 is 22.8 Å². The minimum Gasteiger partial charge on any atom is -0.481 e. The van der Waals surface area contributed by atoms with E-state index in [2.05, 4.69) is 10.3 Å². The molecule has 1 atom stereocenters. The molecule has 0 fully saturated rings. The lowest BCUT2D eigenvalue weighted by Gasteiger charge is -2.12. The van der Waals surface area contributed by atoms with Gasteiger partial charge in [0.2, 0.25) is 5.91 Å². The molecule has 1 unspecified atom stereocenters. The third-order valence-corrected chi connectivity index (χ3v) is 3.72. The first-order valence-electron chi connectivity index (χ1n) is 7.65. The van der Waals surface area contributed by atoms with E-state index in [4.69, 9.17) is 5.11 Å². The number of fused-ring (bicyclic) bond motifs is 1. The monoisotopic (exact) mass is 333 g/mol. The van der Waals surface area contributed by atoms with Crippen LogP contribution in [0.5, 0.6) is 0 Å². The molecule has 0 aliphatic carbocycles. The predicted molar refractivity (Wildman–Crippen MR) is 87.9 cm³/mol. The maximum Gasteiger partial charge on any atom is 0.329 e. The number of H-pyrrole nitrogens is 1. The average molecular weight is 333 g/mol. The number of nitrogens with one attached hydrogen (secondary N) is 2. The first-order chi connectivity index (χ1) is 11.4. The molecule has 3 N–H and O–H groups in total. The first kappa shape index (κ1) is 17.5. The van der Waals surface area contributed by atoms with Crippen LogP contribution >= 0.6 is 0 Å². The molecule has 128 valence electrons. The minimum absolute atomic E-state index is 0.0394. The second-order valence-corrected chi connectivity index (χ2v) is 5.49. The number of para-hydroxylation sites is 1. The lowest BCUT2D eigenvalue weighted by atomic mass is 10.0. The summed E-state index contributed by atoms with van der Waals surface area (Å²) in [5.41, 5.74) is -0.844. The number of carbonyl (C=O) groups excluding carboxylic acids is 1. The Balaban J connectivity index is 2.15. The molecule has 8 heteroatoms. The zero-order valence-corrected chi connectivity index (χ0v) is 13.2. The number of carbonyl (C=O) groups is 2. The summed E-state index contributed by atoms with van der Waals surface area (Å²) in [4.78, 5) is 49.8. The molecular formula is C16H19N3O5. The number of aromatic amines is 1. The van der Waals surface area contributed by atoms with Gasteiger partial charge in [0.05, 0.1) is 16.8 Å². The number of carboxylic acid groups (broad SMARTS) is 1. The number of aliphatic carboxylic acids is 1. The number of carboxylic acids is 1.